The molecule has 0 aliphatic rings. The maximum atomic E-state index is 8.89. The summed E-state index contributed by atoms with van der Waals surface area (Å²) >= 11 is 5.91. The molecule has 3 nitrogen and oxygen atoms in total. The van der Waals surface area contributed by atoms with Gasteiger partial charge in [-0.05, 0) is 19.4 Å². The number of unbranched alkanes of at least 4 members (excludes halogenated alkanes) is 1. The zero-order chi connectivity index (χ0) is 11.3. The van der Waals surface area contributed by atoms with Crippen LogP contribution in [0.4, 0.5) is 0 Å². The molecule has 80 valence electrons. The predicted octanol–water partition coefficient (Wildman–Crippen LogP) is 3.09. The van der Waals surface area contributed by atoms with Crippen molar-refractivity contribution in [2.75, 3.05) is 6.61 Å². The van der Waals surface area contributed by atoms with Gasteiger partial charge in [-0.15, -0.1) is 0 Å². The van der Waals surface area contributed by atoms with Crippen molar-refractivity contribution in [1.82, 2.24) is 4.98 Å². The highest BCUT2D eigenvalue weighted by molar-refractivity contribution is 6.31. The van der Waals surface area contributed by atoms with E-state index in [1.165, 1.54) is 0 Å². The minimum atomic E-state index is 0.318. The standard InChI is InChI=1S/C11H13ClN2O/c1-3-4-5-15-11-9(7-13)10(12)6-8(2)14-11/h6H,3-5H2,1-2H3. The topological polar surface area (TPSA) is 45.9 Å². The van der Waals surface area contributed by atoms with E-state index in [0.29, 0.717) is 23.1 Å². The van der Waals surface area contributed by atoms with Crippen molar-refractivity contribution in [3.8, 4) is 11.9 Å². The zero-order valence-electron chi connectivity index (χ0n) is 8.88. The molecule has 0 fully saturated rings. The SMILES string of the molecule is CCCCOc1nc(C)cc(Cl)c1C#N. The zero-order valence-corrected chi connectivity index (χ0v) is 9.64. The number of halogens is 1. The third kappa shape index (κ3) is 3.10. The molecule has 0 aliphatic carbocycles. The Kier molecular flexibility index (Phi) is 4.38. The molecule has 15 heavy (non-hydrogen) atoms. The van der Waals surface area contributed by atoms with Crippen LogP contribution in [0.2, 0.25) is 5.02 Å². The molecule has 1 heterocycles. The van der Waals surface area contributed by atoms with Crippen molar-refractivity contribution in [1.29, 1.82) is 5.26 Å². The molecule has 1 aromatic rings. The Balaban J connectivity index is 2.90. The maximum Gasteiger partial charge on any atom is 0.233 e. The van der Waals surface area contributed by atoms with Gasteiger partial charge >= 0.3 is 0 Å². The van der Waals surface area contributed by atoms with Gasteiger partial charge in [0.2, 0.25) is 5.88 Å². The average Bonchev–Trinajstić information content (AvgIpc) is 2.17. The van der Waals surface area contributed by atoms with Crippen molar-refractivity contribution >= 4 is 11.6 Å². The van der Waals surface area contributed by atoms with E-state index in [0.717, 1.165) is 18.5 Å². The van der Waals surface area contributed by atoms with Gasteiger partial charge in [-0.3, -0.25) is 0 Å². The van der Waals surface area contributed by atoms with E-state index in [4.69, 9.17) is 21.6 Å². The van der Waals surface area contributed by atoms with Gasteiger partial charge < -0.3 is 4.74 Å². The predicted molar refractivity (Wildman–Crippen MR) is 59.1 cm³/mol. The lowest BCUT2D eigenvalue weighted by Crippen LogP contribution is -2.02. The van der Waals surface area contributed by atoms with E-state index in [9.17, 15) is 0 Å². The van der Waals surface area contributed by atoms with Gasteiger partial charge in [0.15, 0.2) is 0 Å². The van der Waals surface area contributed by atoms with Crippen LogP contribution >= 0.6 is 11.6 Å². The molecule has 0 amide bonds. The lowest BCUT2D eigenvalue weighted by Gasteiger charge is -2.07. The molecule has 0 radical (unpaired) electrons. The second kappa shape index (κ2) is 5.57. The smallest absolute Gasteiger partial charge is 0.233 e. The largest absolute Gasteiger partial charge is 0.477 e. The number of hydrogen-bond acceptors (Lipinski definition) is 3. The maximum absolute atomic E-state index is 8.89. The van der Waals surface area contributed by atoms with E-state index in [2.05, 4.69) is 11.9 Å². The van der Waals surface area contributed by atoms with Crippen LogP contribution < -0.4 is 4.74 Å². The summed E-state index contributed by atoms with van der Waals surface area (Å²) in [6, 6.07) is 3.66. The molecule has 0 saturated heterocycles. The van der Waals surface area contributed by atoms with Crippen molar-refractivity contribution in [2.45, 2.75) is 26.7 Å². The number of nitriles is 1. The van der Waals surface area contributed by atoms with E-state index >= 15 is 0 Å². The van der Waals surface area contributed by atoms with Gasteiger partial charge in [0, 0.05) is 5.69 Å². The van der Waals surface area contributed by atoms with Crippen LogP contribution in [0.15, 0.2) is 6.07 Å². The summed E-state index contributed by atoms with van der Waals surface area (Å²) in [5.41, 5.74) is 1.07. The van der Waals surface area contributed by atoms with Crippen LogP contribution in [-0.2, 0) is 0 Å². The molecule has 0 aliphatic heterocycles. The Hall–Kier alpha value is -1.27. The number of rotatable bonds is 4. The molecular formula is C11H13ClN2O. The van der Waals surface area contributed by atoms with Crippen molar-refractivity contribution < 1.29 is 4.74 Å². The number of ether oxygens (including phenoxy) is 1. The van der Waals surface area contributed by atoms with Gasteiger partial charge in [0.25, 0.3) is 0 Å². The Morgan fingerprint density at radius 1 is 1.60 bits per heavy atom. The highest BCUT2D eigenvalue weighted by atomic mass is 35.5. The molecule has 0 aromatic carbocycles. The highest BCUT2D eigenvalue weighted by Gasteiger charge is 2.10. The first-order valence-corrected chi connectivity index (χ1v) is 5.27. The average molecular weight is 225 g/mol. The fourth-order valence-corrected chi connectivity index (χ4v) is 1.41. The summed E-state index contributed by atoms with van der Waals surface area (Å²) in [6.07, 6.45) is 1.99. The van der Waals surface area contributed by atoms with Gasteiger partial charge in [0.1, 0.15) is 11.6 Å². The fourth-order valence-electron chi connectivity index (χ4n) is 1.12. The summed E-state index contributed by atoms with van der Waals surface area (Å²) in [7, 11) is 0. The summed E-state index contributed by atoms with van der Waals surface area (Å²) in [5.74, 6) is 0.343. The molecule has 0 N–H and O–H groups in total. The minimum absolute atomic E-state index is 0.318. The second-order valence-electron chi connectivity index (χ2n) is 3.24. The van der Waals surface area contributed by atoms with Crippen LogP contribution in [0, 0.1) is 18.3 Å². The number of nitrogens with zero attached hydrogens (tertiary/aromatic N) is 2. The number of hydrogen-bond donors (Lipinski definition) is 0. The lowest BCUT2D eigenvalue weighted by atomic mass is 10.2. The fraction of sp³-hybridized carbons (Fsp3) is 0.455. The number of aromatic nitrogens is 1. The van der Waals surface area contributed by atoms with E-state index < -0.39 is 0 Å². The molecule has 0 bridgehead atoms. The third-order valence-corrected chi connectivity index (χ3v) is 2.21. The second-order valence-corrected chi connectivity index (χ2v) is 3.65. The van der Waals surface area contributed by atoms with Crippen molar-refractivity contribution in [2.24, 2.45) is 0 Å². The molecule has 1 rings (SSSR count). The number of pyridine rings is 1. The lowest BCUT2D eigenvalue weighted by molar-refractivity contribution is 0.296. The first-order valence-electron chi connectivity index (χ1n) is 4.89. The highest BCUT2D eigenvalue weighted by Crippen LogP contribution is 2.24. The summed E-state index contributed by atoms with van der Waals surface area (Å²) in [6.45, 7) is 4.46. The van der Waals surface area contributed by atoms with E-state index in [1.807, 2.05) is 13.0 Å². The molecule has 0 saturated carbocycles. The Morgan fingerprint density at radius 3 is 2.93 bits per heavy atom. The van der Waals surface area contributed by atoms with Crippen LogP contribution in [-0.4, -0.2) is 11.6 Å². The van der Waals surface area contributed by atoms with Crippen LogP contribution in [0.1, 0.15) is 31.0 Å². The van der Waals surface area contributed by atoms with Crippen molar-refractivity contribution in [3.05, 3.63) is 22.3 Å². The summed E-state index contributed by atoms with van der Waals surface area (Å²) in [4.78, 5) is 4.15. The third-order valence-electron chi connectivity index (χ3n) is 1.91. The Bertz CT molecular complexity index is 385. The monoisotopic (exact) mass is 224 g/mol. The van der Waals surface area contributed by atoms with Crippen molar-refractivity contribution in [3.63, 3.8) is 0 Å². The summed E-state index contributed by atoms with van der Waals surface area (Å²) in [5, 5.41) is 9.29. The minimum Gasteiger partial charge on any atom is -0.477 e. The van der Waals surface area contributed by atoms with Gasteiger partial charge in [-0.2, -0.15) is 5.26 Å². The van der Waals surface area contributed by atoms with Gasteiger partial charge in [-0.1, -0.05) is 24.9 Å². The molecule has 0 atom stereocenters. The molecule has 4 heteroatoms. The van der Waals surface area contributed by atoms with E-state index in [-0.39, 0.29) is 0 Å². The van der Waals surface area contributed by atoms with Gasteiger partial charge in [0.05, 0.1) is 11.6 Å². The number of aryl methyl sites for hydroxylation is 1. The van der Waals surface area contributed by atoms with Crippen LogP contribution in [0.3, 0.4) is 0 Å². The molecule has 1 aromatic heterocycles. The molecular weight excluding hydrogens is 212 g/mol. The first-order chi connectivity index (χ1) is 7.19. The molecule has 0 spiro atoms. The quantitative estimate of drug-likeness (QED) is 0.739. The van der Waals surface area contributed by atoms with Crippen LogP contribution in [0.5, 0.6) is 5.88 Å². The van der Waals surface area contributed by atoms with Gasteiger partial charge in [-0.25, -0.2) is 4.98 Å². The van der Waals surface area contributed by atoms with Crippen LogP contribution in [0.25, 0.3) is 0 Å². The normalized spacial score (nSPS) is 9.73. The Morgan fingerprint density at radius 2 is 2.33 bits per heavy atom. The summed E-state index contributed by atoms with van der Waals surface area (Å²) < 4.78 is 5.41. The molecule has 0 unspecified atom stereocenters. The Labute approximate surface area is 94.7 Å². The first kappa shape index (κ1) is 11.8. The van der Waals surface area contributed by atoms with E-state index in [1.54, 1.807) is 6.07 Å².